The maximum atomic E-state index is 10.8. The summed E-state index contributed by atoms with van der Waals surface area (Å²) in [5.74, 6) is 0. The van der Waals surface area contributed by atoms with Crippen molar-refractivity contribution in [2.45, 2.75) is 0 Å². The number of rotatable bonds is 1. The van der Waals surface area contributed by atoms with Gasteiger partial charge in [0.15, 0.2) is 0 Å². The molecule has 1 heterocycles. The third kappa shape index (κ3) is 1.40. The van der Waals surface area contributed by atoms with E-state index in [-0.39, 0.29) is 5.02 Å². The molecule has 0 aromatic carbocycles. The van der Waals surface area contributed by atoms with Crippen LogP contribution in [-0.4, -0.2) is 9.55 Å². The van der Waals surface area contributed by atoms with E-state index in [2.05, 4.69) is 6.58 Å². The molecule has 0 aliphatic rings. The summed E-state index contributed by atoms with van der Waals surface area (Å²) in [6.07, 6.45) is 2.46. The Morgan fingerprint density at radius 1 is 1.64 bits per heavy atom. The zero-order chi connectivity index (χ0) is 8.43. The molecule has 0 bridgehead atoms. The van der Waals surface area contributed by atoms with E-state index in [9.17, 15) is 9.59 Å². The van der Waals surface area contributed by atoms with E-state index in [0.717, 1.165) is 4.57 Å². The van der Waals surface area contributed by atoms with Crippen LogP contribution in [0.25, 0.3) is 6.20 Å². The number of aromatic nitrogens is 2. The number of hydrogen-bond acceptors (Lipinski definition) is 2. The summed E-state index contributed by atoms with van der Waals surface area (Å²) in [6.45, 7) is 3.34. The van der Waals surface area contributed by atoms with Crippen LogP contribution in [0.1, 0.15) is 0 Å². The molecular formula is C6H5ClN2O2. The van der Waals surface area contributed by atoms with Crippen LogP contribution in [0.15, 0.2) is 22.4 Å². The maximum Gasteiger partial charge on any atom is 0.332 e. The molecule has 1 rings (SSSR count). The van der Waals surface area contributed by atoms with Crippen molar-refractivity contribution in [3.05, 3.63) is 38.6 Å². The summed E-state index contributed by atoms with van der Waals surface area (Å²) in [4.78, 5) is 23.5. The van der Waals surface area contributed by atoms with Crippen LogP contribution in [-0.2, 0) is 0 Å². The molecule has 0 fully saturated rings. The first-order valence-corrected chi connectivity index (χ1v) is 3.16. The standard InChI is InChI=1S/C6H5ClN2O2/c1-2-9-3-4(7)5(10)8-6(9)11/h2-3H,1H2,(H,8,10,11). The van der Waals surface area contributed by atoms with Gasteiger partial charge in [0.25, 0.3) is 5.56 Å². The first-order chi connectivity index (χ1) is 5.15. The first-order valence-electron chi connectivity index (χ1n) is 2.78. The van der Waals surface area contributed by atoms with Crippen molar-refractivity contribution in [3.63, 3.8) is 0 Å². The van der Waals surface area contributed by atoms with Gasteiger partial charge in [-0.05, 0) is 0 Å². The van der Waals surface area contributed by atoms with Crippen LogP contribution in [0.3, 0.4) is 0 Å². The predicted molar refractivity (Wildman–Crippen MR) is 42.7 cm³/mol. The van der Waals surface area contributed by atoms with Gasteiger partial charge in [-0.1, -0.05) is 18.2 Å². The van der Waals surface area contributed by atoms with Gasteiger partial charge in [0.1, 0.15) is 5.02 Å². The Bertz CT molecular complexity index is 390. The van der Waals surface area contributed by atoms with Crippen LogP contribution in [0.4, 0.5) is 0 Å². The second kappa shape index (κ2) is 2.75. The number of aromatic amines is 1. The highest BCUT2D eigenvalue weighted by atomic mass is 35.5. The molecule has 5 heteroatoms. The molecule has 1 N–H and O–H groups in total. The monoisotopic (exact) mass is 172 g/mol. The molecule has 0 spiro atoms. The topological polar surface area (TPSA) is 54.9 Å². The van der Waals surface area contributed by atoms with Crippen LogP contribution < -0.4 is 11.2 Å². The summed E-state index contributed by atoms with van der Waals surface area (Å²) in [5, 5.41) is -0.0375. The highest BCUT2D eigenvalue weighted by Crippen LogP contribution is 1.94. The summed E-state index contributed by atoms with van der Waals surface area (Å²) in [5.41, 5.74) is -1.14. The van der Waals surface area contributed by atoms with Gasteiger partial charge in [0, 0.05) is 12.4 Å². The molecule has 0 radical (unpaired) electrons. The van der Waals surface area contributed by atoms with Gasteiger partial charge in [-0.2, -0.15) is 0 Å². The summed E-state index contributed by atoms with van der Waals surface area (Å²) >= 11 is 5.41. The molecule has 58 valence electrons. The number of halogens is 1. The third-order valence-corrected chi connectivity index (χ3v) is 1.39. The maximum absolute atomic E-state index is 10.8. The highest BCUT2D eigenvalue weighted by Gasteiger charge is 1.97. The summed E-state index contributed by atoms with van der Waals surface area (Å²) < 4.78 is 1.09. The number of nitrogens with one attached hydrogen (secondary N) is 1. The van der Waals surface area contributed by atoms with Crippen molar-refractivity contribution in [2.24, 2.45) is 0 Å². The van der Waals surface area contributed by atoms with E-state index in [0.29, 0.717) is 0 Å². The molecule has 11 heavy (non-hydrogen) atoms. The second-order valence-corrected chi connectivity index (χ2v) is 2.23. The van der Waals surface area contributed by atoms with Gasteiger partial charge in [-0.15, -0.1) is 0 Å². The first kappa shape index (κ1) is 7.81. The van der Waals surface area contributed by atoms with E-state index >= 15 is 0 Å². The molecule has 0 aliphatic heterocycles. The fraction of sp³-hybridized carbons (Fsp3) is 0. The molecule has 1 aromatic heterocycles. The molecule has 4 nitrogen and oxygen atoms in total. The summed E-state index contributed by atoms with van der Waals surface area (Å²) in [7, 11) is 0. The van der Waals surface area contributed by atoms with E-state index in [4.69, 9.17) is 11.6 Å². The average Bonchev–Trinajstić information content (AvgIpc) is 1.97. The van der Waals surface area contributed by atoms with Gasteiger partial charge >= 0.3 is 5.69 Å². The minimum absolute atomic E-state index is 0.0375. The molecule has 0 saturated heterocycles. The number of H-pyrrole nitrogens is 1. The lowest BCUT2D eigenvalue weighted by atomic mass is 10.6. The van der Waals surface area contributed by atoms with Crippen LogP contribution in [0.5, 0.6) is 0 Å². The van der Waals surface area contributed by atoms with Gasteiger partial charge in [-0.25, -0.2) is 4.79 Å². The smallest absolute Gasteiger partial charge is 0.275 e. The van der Waals surface area contributed by atoms with E-state index in [1.54, 1.807) is 0 Å². The lowest BCUT2D eigenvalue weighted by Gasteiger charge is -1.94. The Hall–Kier alpha value is -1.29. The molecule has 0 atom stereocenters. The van der Waals surface area contributed by atoms with Crippen molar-refractivity contribution >= 4 is 17.8 Å². The van der Waals surface area contributed by atoms with Crippen LogP contribution >= 0.6 is 11.6 Å². The van der Waals surface area contributed by atoms with E-state index < -0.39 is 11.2 Å². The zero-order valence-corrected chi connectivity index (χ0v) is 6.26. The minimum Gasteiger partial charge on any atom is -0.275 e. The molecule has 0 amide bonds. The SMILES string of the molecule is C=Cn1cc(Cl)c(=O)[nH]c1=O. The predicted octanol–water partition coefficient (Wildman–Crippen LogP) is 0.290. The Morgan fingerprint density at radius 3 is 2.82 bits per heavy atom. The highest BCUT2D eigenvalue weighted by molar-refractivity contribution is 6.30. The molecular weight excluding hydrogens is 168 g/mol. The summed E-state index contributed by atoms with van der Waals surface area (Å²) in [6, 6.07) is 0. The average molecular weight is 173 g/mol. The largest absolute Gasteiger partial charge is 0.332 e. The lowest BCUT2D eigenvalue weighted by molar-refractivity contribution is 0.939. The van der Waals surface area contributed by atoms with E-state index in [1.165, 1.54) is 12.4 Å². The third-order valence-electron chi connectivity index (χ3n) is 1.12. The van der Waals surface area contributed by atoms with Crippen molar-refractivity contribution in [3.8, 4) is 0 Å². The van der Waals surface area contributed by atoms with Gasteiger partial charge in [-0.3, -0.25) is 14.3 Å². The molecule has 0 aliphatic carbocycles. The Balaban J connectivity index is 3.57. The second-order valence-electron chi connectivity index (χ2n) is 1.83. The van der Waals surface area contributed by atoms with Crippen molar-refractivity contribution < 1.29 is 0 Å². The quantitative estimate of drug-likeness (QED) is 0.662. The van der Waals surface area contributed by atoms with Crippen molar-refractivity contribution in [1.29, 1.82) is 0 Å². The molecule has 0 saturated carbocycles. The molecule has 1 aromatic rings. The fourth-order valence-electron chi connectivity index (χ4n) is 0.596. The number of nitrogens with zero attached hydrogens (tertiary/aromatic N) is 1. The van der Waals surface area contributed by atoms with Crippen molar-refractivity contribution in [1.82, 2.24) is 9.55 Å². The Labute approximate surface area is 66.7 Å². The zero-order valence-electron chi connectivity index (χ0n) is 5.50. The van der Waals surface area contributed by atoms with Gasteiger partial charge in [0.2, 0.25) is 0 Å². The Kier molecular flexibility index (Phi) is 1.96. The van der Waals surface area contributed by atoms with Gasteiger partial charge < -0.3 is 0 Å². The lowest BCUT2D eigenvalue weighted by Crippen LogP contribution is -2.26. The minimum atomic E-state index is -0.588. The van der Waals surface area contributed by atoms with Crippen molar-refractivity contribution in [2.75, 3.05) is 0 Å². The Morgan fingerprint density at radius 2 is 2.27 bits per heavy atom. The molecule has 0 unspecified atom stereocenters. The van der Waals surface area contributed by atoms with Gasteiger partial charge in [0.05, 0.1) is 0 Å². The number of hydrogen-bond donors (Lipinski definition) is 1. The van der Waals surface area contributed by atoms with Crippen LogP contribution in [0.2, 0.25) is 5.02 Å². The van der Waals surface area contributed by atoms with Crippen LogP contribution in [0, 0.1) is 0 Å². The fourth-order valence-corrected chi connectivity index (χ4v) is 0.749. The van der Waals surface area contributed by atoms with E-state index in [1.807, 2.05) is 4.98 Å². The normalized spacial score (nSPS) is 9.55.